The van der Waals surface area contributed by atoms with Gasteiger partial charge in [0.1, 0.15) is 0 Å². The standard InChI is InChI=1S/C21H19N3O4/c25-19(10-13-5-8-17-18(9-13)27-12-26-17)22-21-24-23-20(28-21)16-7-6-14-3-1-2-4-15(14)11-16/h5-9,11H,1-4,10,12H2,(H,22,24,25). The third kappa shape index (κ3) is 3.31. The zero-order valence-corrected chi connectivity index (χ0v) is 15.2. The Hall–Kier alpha value is -3.35. The number of fused-ring (bicyclic) bond motifs is 2. The minimum atomic E-state index is -0.237. The number of aryl methyl sites for hydroxylation is 2. The third-order valence-electron chi connectivity index (χ3n) is 5.07. The molecule has 142 valence electrons. The molecule has 2 aliphatic rings. The Morgan fingerprint density at radius 2 is 1.82 bits per heavy atom. The number of aromatic nitrogens is 2. The van der Waals surface area contributed by atoms with Crippen LogP contribution in [0.4, 0.5) is 6.01 Å². The fourth-order valence-corrected chi connectivity index (χ4v) is 3.66. The smallest absolute Gasteiger partial charge is 0.322 e. The number of nitrogens with one attached hydrogen (secondary N) is 1. The maximum absolute atomic E-state index is 12.3. The fraction of sp³-hybridized carbons (Fsp3) is 0.286. The van der Waals surface area contributed by atoms with Gasteiger partial charge in [0, 0.05) is 5.56 Å². The number of anilines is 1. The Kier molecular flexibility index (Phi) is 4.20. The summed E-state index contributed by atoms with van der Waals surface area (Å²) in [5.41, 5.74) is 4.43. The summed E-state index contributed by atoms with van der Waals surface area (Å²) in [5.74, 6) is 1.51. The lowest BCUT2D eigenvalue weighted by atomic mass is 9.90. The molecule has 5 rings (SSSR count). The quantitative estimate of drug-likeness (QED) is 0.749. The van der Waals surface area contributed by atoms with E-state index in [1.165, 1.54) is 24.0 Å². The Morgan fingerprint density at radius 3 is 2.75 bits per heavy atom. The summed E-state index contributed by atoms with van der Waals surface area (Å²) in [7, 11) is 0. The second-order valence-corrected chi connectivity index (χ2v) is 7.02. The van der Waals surface area contributed by atoms with E-state index in [1.807, 2.05) is 12.1 Å². The van der Waals surface area contributed by atoms with E-state index in [4.69, 9.17) is 13.9 Å². The van der Waals surface area contributed by atoms with Crippen molar-refractivity contribution in [2.24, 2.45) is 0 Å². The molecular formula is C21H19N3O4. The van der Waals surface area contributed by atoms with Crippen molar-refractivity contribution < 1.29 is 18.7 Å². The van der Waals surface area contributed by atoms with Crippen molar-refractivity contribution in [1.82, 2.24) is 10.2 Å². The van der Waals surface area contributed by atoms with E-state index < -0.39 is 0 Å². The average Bonchev–Trinajstić information content (AvgIpc) is 3.36. The molecule has 0 bridgehead atoms. The molecule has 2 heterocycles. The van der Waals surface area contributed by atoms with Crippen LogP contribution in [0.3, 0.4) is 0 Å². The molecule has 0 saturated heterocycles. The lowest BCUT2D eigenvalue weighted by molar-refractivity contribution is -0.115. The highest BCUT2D eigenvalue weighted by atomic mass is 16.7. The molecule has 28 heavy (non-hydrogen) atoms. The number of hydrogen-bond acceptors (Lipinski definition) is 6. The van der Waals surface area contributed by atoms with Gasteiger partial charge >= 0.3 is 6.01 Å². The summed E-state index contributed by atoms with van der Waals surface area (Å²) in [6.45, 7) is 0.207. The molecule has 1 N–H and O–H groups in total. The van der Waals surface area contributed by atoms with Crippen LogP contribution in [0.1, 0.15) is 29.5 Å². The molecule has 7 heteroatoms. The molecule has 3 aromatic rings. The number of rotatable bonds is 4. The van der Waals surface area contributed by atoms with Crippen LogP contribution < -0.4 is 14.8 Å². The van der Waals surface area contributed by atoms with Crippen molar-refractivity contribution >= 4 is 11.9 Å². The van der Waals surface area contributed by atoms with Crippen molar-refractivity contribution in [2.45, 2.75) is 32.1 Å². The molecule has 0 spiro atoms. The fourth-order valence-electron chi connectivity index (χ4n) is 3.66. The van der Waals surface area contributed by atoms with Gasteiger partial charge in [-0.25, -0.2) is 0 Å². The first-order valence-corrected chi connectivity index (χ1v) is 9.39. The van der Waals surface area contributed by atoms with Crippen LogP contribution in [0.2, 0.25) is 0 Å². The molecule has 1 aromatic heterocycles. The largest absolute Gasteiger partial charge is 0.454 e. The summed E-state index contributed by atoms with van der Waals surface area (Å²) < 4.78 is 16.3. The van der Waals surface area contributed by atoms with Gasteiger partial charge in [-0.05, 0) is 66.6 Å². The summed E-state index contributed by atoms with van der Waals surface area (Å²) in [5, 5.41) is 10.7. The second kappa shape index (κ2) is 6.99. The SMILES string of the molecule is O=C(Cc1ccc2c(c1)OCO2)Nc1nnc(-c2ccc3c(c2)CCCC3)o1. The monoisotopic (exact) mass is 377 g/mol. The molecule has 0 fully saturated rings. The van der Waals surface area contributed by atoms with Crippen LogP contribution in [0.15, 0.2) is 40.8 Å². The van der Waals surface area contributed by atoms with Gasteiger partial charge < -0.3 is 13.9 Å². The minimum absolute atomic E-state index is 0.0958. The van der Waals surface area contributed by atoms with Gasteiger partial charge in [0.15, 0.2) is 11.5 Å². The number of carbonyl (C=O) groups excluding carboxylic acids is 1. The van der Waals surface area contributed by atoms with Crippen LogP contribution >= 0.6 is 0 Å². The Morgan fingerprint density at radius 1 is 0.964 bits per heavy atom. The van der Waals surface area contributed by atoms with Crippen molar-refractivity contribution in [2.75, 3.05) is 12.1 Å². The van der Waals surface area contributed by atoms with E-state index in [0.717, 1.165) is 24.0 Å². The van der Waals surface area contributed by atoms with Gasteiger partial charge in [-0.1, -0.05) is 17.2 Å². The van der Waals surface area contributed by atoms with Gasteiger partial charge in [-0.3, -0.25) is 10.1 Å². The first-order chi connectivity index (χ1) is 13.7. The van der Waals surface area contributed by atoms with E-state index in [1.54, 1.807) is 12.1 Å². The Bertz CT molecular complexity index is 1040. The van der Waals surface area contributed by atoms with Crippen molar-refractivity contribution in [3.63, 3.8) is 0 Å². The minimum Gasteiger partial charge on any atom is -0.454 e. The van der Waals surface area contributed by atoms with Crippen LogP contribution in [0.5, 0.6) is 11.5 Å². The summed E-state index contributed by atoms with van der Waals surface area (Å²) in [4.78, 5) is 12.3. The lowest BCUT2D eigenvalue weighted by Gasteiger charge is -2.15. The molecular weight excluding hydrogens is 358 g/mol. The predicted molar refractivity (Wildman–Crippen MR) is 101 cm³/mol. The molecule has 1 amide bonds. The lowest BCUT2D eigenvalue weighted by Crippen LogP contribution is -2.14. The molecule has 0 radical (unpaired) electrons. The van der Waals surface area contributed by atoms with Crippen LogP contribution in [-0.4, -0.2) is 22.9 Å². The highest BCUT2D eigenvalue weighted by molar-refractivity contribution is 5.90. The number of ether oxygens (including phenoxy) is 2. The maximum Gasteiger partial charge on any atom is 0.322 e. The van der Waals surface area contributed by atoms with E-state index in [9.17, 15) is 4.79 Å². The summed E-state index contributed by atoms with van der Waals surface area (Å²) >= 11 is 0. The maximum atomic E-state index is 12.3. The zero-order valence-electron chi connectivity index (χ0n) is 15.2. The van der Waals surface area contributed by atoms with Crippen LogP contribution in [0, 0.1) is 0 Å². The Labute approximate surface area is 161 Å². The first kappa shape index (κ1) is 16.8. The average molecular weight is 377 g/mol. The molecule has 0 unspecified atom stereocenters. The van der Waals surface area contributed by atoms with Gasteiger partial charge in [-0.2, -0.15) is 0 Å². The molecule has 7 nitrogen and oxygen atoms in total. The van der Waals surface area contributed by atoms with E-state index in [0.29, 0.717) is 17.4 Å². The number of nitrogens with zero attached hydrogens (tertiary/aromatic N) is 2. The summed E-state index contributed by atoms with van der Waals surface area (Å²) in [6.07, 6.45) is 4.83. The van der Waals surface area contributed by atoms with Crippen molar-refractivity contribution in [3.05, 3.63) is 53.1 Å². The van der Waals surface area contributed by atoms with Gasteiger partial charge in [0.25, 0.3) is 0 Å². The Balaban J connectivity index is 1.27. The van der Waals surface area contributed by atoms with Gasteiger partial charge in [0.2, 0.25) is 18.6 Å². The normalized spacial score (nSPS) is 14.6. The van der Waals surface area contributed by atoms with E-state index in [-0.39, 0.29) is 25.1 Å². The number of benzene rings is 2. The number of hydrogen-bond donors (Lipinski definition) is 1. The van der Waals surface area contributed by atoms with Crippen molar-refractivity contribution in [3.8, 4) is 23.0 Å². The number of carbonyl (C=O) groups is 1. The number of amides is 1. The van der Waals surface area contributed by atoms with Gasteiger partial charge in [0.05, 0.1) is 6.42 Å². The van der Waals surface area contributed by atoms with Crippen LogP contribution in [0.25, 0.3) is 11.5 Å². The zero-order chi connectivity index (χ0) is 18.9. The molecule has 1 aliphatic carbocycles. The molecule has 0 atom stereocenters. The summed E-state index contributed by atoms with van der Waals surface area (Å²) in [6, 6.07) is 11.8. The highest BCUT2D eigenvalue weighted by Crippen LogP contribution is 2.32. The first-order valence-electron chi connectivity index (χ1n) is 9.39. The topological polar surface area (TPSA) is 86.5 Å². The van der Waals surface area contributed by atoms with Gasteiger partial charge in [-0.15, -0.1) is 5.10 Å². The van der Waals surface area contributed by atoms with Crippen molar-refractivity contribution in [1.29, 1.82) is 0 Å². The van der Waals surface area contributed by atoms with Crippen LogP contribution in [-0.2, 0) is 24.1 Å². The predicted octanol–water partition coefficient (Wildman–Crippen LogP) is 3.53. The molecule has 0 saturated carbocycles. The highest BCUT2D eigenvalue weighted by Gasteiger charge is 2.17. The third-order valence-corrected chi connectivity index (χ3v) is 5.07. The second-order valence-electron chi connectivity index (χ2n) is 7.02. The molecule has 1 aliphatic heterocycles. The molecule has 2 aromatic carbocycles. The van der Waals surface area contributed by atoms with E-state index in [2.05, 4.69) is 27.6 Å². The van der Waals surface area contributed by atoms with E-state index >= 15 is 0 Å².